The van der Waals surface area contributed by atoms with Crippen LogP contribution in [0.4, 0.5) is 5.95 Å². The number of hydrogen-bond acceptors (Lipinski definition) is 7. The number of halogens is 2. The number of aromatic amines is 1. The van der Waals surface area contributed by atoms with Crippen molar-refractivity contribution in [2.75, 3.05) is 12.3 Å². The van der Waals surface area contributed by atoms with Gasteiger partial charge in [0.15, 0.2) is 21.7 Å². The molecule has 3 atom stereocenters. The minimum absolute atomic E-state index is 0.0267. The van der Waals surface area contributed by atoms with Crippen molar-refractivity contribution in [2.45, 2.75) is 22.8 Å². The number of nitrogens with two attached hydrogens (primary N) is 1. The van der Waals surface area contributed by atoms with Crippen LogP contribution in [0.15, 0.2) is 11.1 Å². The topological polar surface area (TPSA) is 139 Å². The lowest BCUT2D eigenvalue weighted by atomic mass is 10.2. The quantitative estimate of drug-likeness (QED) is 0.523. The molecule has 0 amide bonds. The first-order valence-electron chi connectivity index (χ1n) is 5.90. The molecule has 3 heterocycles. The monoisotopic (exact) mass is 335 g/mol. The molecule has 3 rings (SSSR count). The van der Waals surface area contributed by atoms with Gasteiger partial charge in [0.05, 0.1) is 12.9 Å². The molecule has 1 saturated heterocycles. The van der Waals surface area contributed by atoms with Gasteiger partial charge in [0.1, 0.15) is 12.2 Å². The minimum atomic E-state index is -1.75. The Hall–Kier alpha value is -1.39. The van der Waals surface area contributed by atoms with E-state index in [1.807, 2.05) is 0 Å². The number of hydrogen-bond donors (Lipinski definition) is 4. The normalized spacial score (nSPS) is 28.3. The van der Waals surface area contributed by atoms with Crippen LogP contribution in [0.5, 0.6) is 0 Å². The SMILES string of the molecule is Nc1nc2c(ncn2[C@@H]2O[C@H](CO)[C@@H](O)C2(Cl)Cl)c(=O)[nH]1. The van der Waals surface area contributed by atoms with Gasteiger partial charge in [-0.2, -0.15) is 4.98 Å². The van der Waals surface area contributed by atoms with Crippen LogP contribution in [0.1, 0.15) is 6.23 Å². The molecule has 21 heavy (non-hydrogen) atoms. The number of nitrogens with zero attached hydrogens (tertiary/aromatic N) is 3. The van der Waals surface area contributed by atoms with E-state index in [2.05, 4.69) is 15.0 Å². The van der Waals surface area contributed by atoms with Crippen LogP contribution < -0.4 is 11.3 Å². The van der Waals surface area contributed by atoms with Crippen LogP contribution >= 0.6 is 23.2 Å². The first-order chi connectivity index (χ1) is 9.86. The Morgan fingerprint density at radius 2 is 2.29 bits per heavy atom. The van der Waals surface area contributed by atoms with Crippen LogP contribution in [0.3, 0.4) is 0 Å². The Morgan fingerprint density at radius 3 is 2.90 bits per heavy atom. The molecule has 5 N–H and O–H groups in total. The van der Waals surface area contributed by atoms with Crippen molar-refractivity contribution < 1.29 is 14.9 Å². The number of alkyl halides is 2. The highest BCUT2D eigenvalue weighted by molar-refractivity contribution is 6.49. The van der Waals surface area contributed by atoms with Crippen molar-refractivity contribution in [3.05, 3.63) is 16.7 Å². The lowest BCUT2D eigenvalue weighted by Crippen LogP contribution is -2.37. The van der Waals surface area contributed by atoms with Crippen molar-refractivity contribution in [1.29, 1.82) is 0 Å². The zero-order chi connectivity index (χ0) is 15.4. The number of ether oxygens (including phenoxy) is 1. The van der Waals surface area contributed by atoms with Crippen molar-refractivity contribution >= 4 is 40.3 Å². The van der Waals surface area contributed by atoms with E-state index in [9.17, 15) is 9.90 Å². The zero-order valence-corrected chi connectivity index (χ0v) is 11.9. The molecule has 0 aliphatic carbocycles. The predicted octanol–water partition coefficient (Wildman–Crippen LogP) is -0.874. The predicted molar refractivity (Wildman–Crippen MR) is 74.0 cm³/mol. The van der Waals surface area contributed by atoms with Crippen molar-refractivity contribution in [2.24, 2.45) is 0 Å². The Morgan fingerprint density at radius 1 is 1.57 bits per heavy atom. The summed E-state index contributed by atoms with van der Waals surface area (Å²) in [6.07, 6.45) is -2.13. The summed E-state index contributed by atoms with van der Waals surface area (Å²) in [7, 11) is 0. The zero-order valence-electron chi connectivity index (χ0n) is 10.4. The second-order valence-corrected chi connectivity index (χ2v) is 6.05. The van der Waals surface area contributed by atoms with E-state index < -0.39 is 34.9 Å². The molecule has 0 bridgehead atoms. The molecular weight excluding hydrogens is 325 g/mol. The smallest absolute Gasteiger partial charge is 0.280 e. The van der Waals surface area contributed by atoms with Gasteiger partial charge < -0.3 is 20.7 Å². The first-order valence-corrected chi connectivity index (χ1v) is 6.66. The summed E-state index contributed by atoms with van der Waals surface area (Å²) in [5.74, 6) is -0.110. The Balaban J connectivity index is 2.15. The van der Waals surface area contributed by atoms with E-state index in [0.29, 0.717) is 0 Å². The highest BCUT2D eigenvalue weighted by atomic mass is 35.5. The van der Waals surface area contributed by atoms with Crippen molar-refractivity contribution in [3.8, 4) is 0 Å². The molecule has 1 aliphatic rings. The van der Waals surface area contributed by atoms with Crippen molar-refractivity contribution in [1.82, 2.24) is 19.5 Å². The van der Waals surface area contributed by atoms with Gasteiger partial charge in [0.2, 0.25) is 5.95 Å². The molecule has 9 nitrogen and oxygen atoms in total. The van der Waals surface area contributed by atoms with Gasteiger partial charge in [-0.15, -0.1) is 0 Å². The second-order valence-electron chi connectivity index (χ2n) is 4.60. The molecule has 0 unspecified atom stereocenters. The van der Waals surface area contributed by atoms with E-state index in [1.165, 1.54) is 10.9 Å². The number of H-pyrrole nitrogens is 1. The molecule has 2 aromatic rings. The average Bonchev–Trinajstić information content (AvgIpc) is 2.91. The maximum Gasteiger partial charge on any atom is 0.280 e. The summed E-state index contributed by atoms with van der Waals surface area (Å²) >= 11 is 12.2. The van der Waals surface area contributed by atoms with E-state index in [4.69, 9.17) is 38.8 Å². The lowest BCUT2D eigenvalue weighted by molar-refractivity contribution is -0.0434. The Kier molecular flexibility index (Phi) is 3.34. The molecule has 0 saturated carbocycles. The molecule has 2 aromatic heterocycles. The fraction of sp³-hybridized carbons (Fsp3) is 0.500. The molecular formula is C10H11Cl2N5O4. The summed E-state index contributed by atoms with van der Waals surface area (Å²) in [4.78, 5) is 21.9. The third kappa shape index (κ3) is 2.09. The van der Waals surface area contributed by atoms with Crippen LogP contribution in [-0.4, -0.2) is 52.9 Å². The minimum Gasteiger partial charge on any atom is -0.394 e. The molecule has 114 valence electrons. The van der Waals surface area contributed by atoms with Gasteiger partial charge in [-0.1, -0.05) is 23.2 Å². The van der Waals surface area contributed by atoms with Gasteiger partial charge in [0.25, 0.3) is 5.56 Å². The highest BCUT2D eigenvalue weighted by Gasteiger charge is 2.55. The fourth-order valence-electron chi connectivity index (χ4n) is 2.23. The fourth-order valence-corrected chi connectivity index (χ4v) is 2.83. The largest absolute Gasteiger partial charge is 0.394 e. The Bertz CT molecular complexity index is 745. The summed E-state index contributed by atoms with van der Waals surface area (Å²) in [5, 5.41) is 19.1. The number of aliphatic hydroxyl groups is 2. The standard InChI is InChI=1S/C10H11Cl2N5O4/c11-10(12)5(19)3(1-18)21-8(10)17-2-14-4-6(17)15-9(13)16-7(4)20/h2-3,5,8,18-19H,1H2,(H3,13,15,16,20)/t3-,5-,8-/m1/s1. The number of imidazole rings is 1. The average molecular weight is 336 g/mol. The summed E-state index contributed by atoms with van der Waals surface area (Å²) in [6, 6.07) is 0. The summed E-state index contributed by atoms with van der Waals surface area (Å²) in [6.45, 7) is -0.471. The maximum absolute atomic E-state index is 11.7. The van der Waals surface area contributed by atoms with E-state index in [-0.39, 0.29) is 17.1 Å². The molecule has 0 aromatic carbocycles. The molecule has 0 radical (unpaired) electrons. The van der Waals surface area contributed by atoms with Gasteiger partial charge in [-0.3, -0.25) is 14.3 Å². The number of aliphatic hydroxyl groups excluding tert-OH is 2. The number of nitrogens with one attached hydrogen (secondary N) is 1. The second kappa shape index (κ2) is 4.82. The number of nitrogen functional groups attached to an aromatic ring is 1. The van der Waals surface area contributed by atoms with E-state index in [1.54, 1.807) is 0 Å². The van der Waals surface area contributed by atoms with Crippen LogP contribution in [-0.2, 0) is 4.74 Å². The summed E-state index contributed by atoms with van der Waals surface area (Å²) in [5.41, 5.74) is 5.11. The van der Waals surface area contributed by atoms with Gasteiger partial charge in [-0.25, -0.2) is 4.98 Å². The number of anilines is 1. The molecule has 11 heteroatoms. The Labute approximate surface area is 127 Å². The molecule has 0 spiro atoms. The number of fused-ring (bicyclic) bond motifs is 1. The van der Waals surface area contributed by atoms with Crippen molar-refractivity contribution in [3.63, 3.8) is 0 Å². The van der Waals surface area contributed by atoms with Gasteiger partial charge in [0, 0.05) is 0 Å². The summed E-state index contributed by atoms with van der Waals surface area (Å²) < 4.78 is 4.98. The van der Waals surface area contributed by atoms with Crippen LogP contribution in [0.25, 0.3) is 11.2 Å². The third-order valence-corrected chi connectivity index (χ3v) is 4.08. The van der Waals surface area contributed by atoms with Gasteiger partial charge >= 0.3 is 0 Å². The molecule has 1 aliphatic heterocycles. The number of aromatic nitrogens is 4. The lowest BCUT2D eigenvalue weighted by Gasteiger charge is -2.23. The molecule has 1 fully saturated rings. The number of rotatable bonds is 2. The van der Waals surface area contributed by atoms with Crippen LogP contribution in [0, 0.1) is 0 Å². The van der Waals surface area contributed by atoms with Gasteiger partial charge in [-0.05, 0) is 0 Å². The van der Waals surface area contributed by atoms with Crippen LogP contribution in [0.2, 0.25) is 0 Å². The van der Waals surface area contributed by atoms with E-state index >= 15 is 0 Å². The highest BCUT2D eigenvalue weighted by Crippen LogP contribution is 2.47. The van der Waals surface area contributed by atoms with E-state index in [0.717, 1.165) is 0 Å². The third-order valence-electron chi connectivity index (χ3n) is 3.26. The first kappa shape index (κ1) is 14.5. The maximum atomic E-state index is 11.7.